The van der Waals surface area contributed by atoms with Gasteiger partial charge >= 0.3 is 5.97 Å². The van der Waals surface area contributed by atoms with Gasteiger partial charge in [0, 0.05) is 6.92 Å². The van der Waals surface area contributed by atoms with Gasteiger partial charge in [0.1, 0.15) is 6.61 Å². The predicted octanol–water partition coefficient (Wildman–Crippen LogP) is 0.400. The zero-order valence-electron chi connectivity index (χ0n) is 5.42. The van der Waals surface area contributed by atoms with Crippen molar-refractivity contribution < 1.29 is 14.7 Å². The molecule has 0 atom stereocenters. The van der Waals surface area contributed by atoms with Crippen LogP contribution in [0.4, 0.5) is 0 Å². The van der Waals surface area contributed by atoms with E-state index >= 15 is 0 Å². The van der Waals surface area contributed by atoms with Gasteiger partial charge in [0.15, 0.2) is 0 Å². The van der Waals surface area contributed by atoms with E-state index < -0.39 is 0 Å². The number of nitrogens with zero attached hydrogens (tertiary/aromatic N) is 1. The predicted molar refractivity (Wildman–Crippen MR) is 31.5 cm³/mol. The molecule has 0 radical (unpaired) electrons. The van der Waals surface area contributed by atoms with E-state index in [-0.39, 0.29) is 12.6 Å². The quantitative estimate of drug-likeness (QED) is 0.255. The Hall–Kier alpha value is -1.06. The maximum Gasteiger partial charge on any atom is 0.303 e. The van der Waals surface area contributed by atoms with Crippen LogP contribution in [0.2, 0.25) is 0 Å². The zero-order chi connectivity index (χ0) is 7.28. The molecular weight excluding hydrogens is 122 g/mol. The number of oxime groups is 1. The SMILES string of the molecule is CC(=O)OC/C(C)=N/O. The molecule has 0 heterocycles. The van der Waals surface area contributed by atoms with E-state index in [0.29, 0.717) is 5.71 Å². The molecule has 0 aliphatic rings. The summed E-state index contributed by atoms with van der Waals surface area (Å²) in [5.41, 5.74) is 0.380. The lowest BCUT2D eigenvalue weighted by atomic mass is 10.5. The van der Waals surface area contributed by atoms with Crippen molar-refractivity contribution in [3.05, 3.63) is 0 Å². The maximum absolute atomic E-state index is 10.1. The van der Waals surface area contributed by atoms with Crippen LogP contribution in [0.3, 0.4) is 0 Å². The molecule has 0 aromatic heterocycles. The number of hydrogen-bond donors (Lipinski definition) is 1. The number of esters is 1. The molecular formula is C5H9NO3. The smallest absolute Gasteiger partial charge is 0.303 e. The number of ether oxygens (including phenoxy) is 1. The van der Waals surface area contributed by atoms with E-state index in [1.807, 2.05) is 0 Å². The summed E-state index contributed by atoms with van der Waals surface area (Å²) in [6.45, 7) is 2.92. The van der Waals surface area contributed by atoms with Crippen LogP contribution in [-0.2, 0) is 9.53 Å². The molecule has 0 saturated carbocycles. The van der Waals surface area contributed by atoms with Crippen LogP contribution in [0.5, 0.6) is 0 Å². The average Bonchev–Trinajstić information content (AvgIpc) is 1.83. The Balaban J connectivity index is 3.39. The van der Waals surface area contributed by atoms with Crippen molar-refractivity contribution in [2.24, 2.45) is 5.16 Å². The Bertz CT molecular complexity index is 130. The monoisotopic (exact) mass is 131 g/mol. The number of hydrogen-bond acceptors (Lipinski definition) is 4. The van der Waals surface area contributed by atoms with E-state index in [1.165, 1.54) is 6.92 Å². The molecule has 1 N–H and O–H groups in total. The van der Waals surface area contributed by atoms with Gasteiger partial charge in [-0.05, 0) is 6.92 Å². The molecule has 0 fully saturated rings. The second kappa shape index (κ2) is 3.88. The molecule has 52 valence electrons. The minimum atomic E-state index is -0.377. The van der Waals surface area contributed by atoms with E-state index in [9.17, 15) is 4.79 Å². The van der Waals surface area contributed by atoms with Crippen molar-refractivity contribution in [2.45, 2.75) is 13.8 Å². The molecule has 0 aromatic carbocycles. The van der Waals surface area contributed by atoms with Crippen LogP contribution in [0.25, 0.3) is 0 Å². The molecule has 0 rings (SSSR count). The number of carbonyl (C=O) groups excluding carboxylic acids is 1. The van der Waals surface area contributed by atoms with Gasteiger partial charge in [-0.25, -0.2) is 0 Å². The summed E-state index contributed by atoms with van der Waals surface area (Å²) in [5, 5.41) is 10.8. The minimum absolute atomic E-state index is 0.0613. The van der Waals surface area contributed by atoms with Gasteiger partial charge in [-0.1, -0.05) is 5.16 Å². The van der Waals surface area contributed by atoms with Crippen molar-refractivity contribution in [1.82, 2.24) is 0 Å². The van der Waals surface area contributed by atoms with Gasteiger partial charge < -0.3 is 9.94 Å². The summed E-state index contributed by atoms with van der Waals surface area (Å²) in [6.07, 6.45) is 0. The topological polar surface area (TPSA) is 58.9 Å². The highest BCUT2D eigenvalue weighted by atomic mass is 16.5. The summed E-state index contributed by atoms with van der Waals surface area (Å²) in [4.78, 5) is 10.1. The minimum Gasteiger partial charge on any atom is -0.460 e. The van der Waals surface area contributed by atoms with E-state index in [4.69, 9.17) is 5.21 Å². The van der Waals surface area contributed by atoms with Gasteiger partial charge in [-0.15, -0.1) is 0 Å². The molecule has 0 aromatic rings. The fourth-order valence-corrected chi connectivity index (χ4v) is 0.235. The molecule has 9 heavy (non-hydrogen) atoms. The van der Waals surface area contributed by atoms with Crippen LogP contribution in [0.1, 0.15) is 13.8 Å². The van der Waals surface area contributed by atoms with Crippen molar-refractivity contribution in [2.75, 3.05) is 6.61 Å². The molecule has 0 aliphatic carbocycles. The van der Waals surface area contributed by atoms with Crippen molar-refractivity contribution >= 4 is 11.7 Å². The molecule has 0 bridgehead atoms. The van der Waals surface area contributed by atoms with E-state index in [1.54, 1.807) is 6.92 Å². The zero-order valence-corrected chi connectivity index (χ0v) is 5.42. The van der Waals surface area contributed by atoms with Gasteiger partial charge in [0.2, 0.25) is 0 Å². The van der Waals surface area contributed by atoms with Crippen LogP contribution < -0.4 is 0 Å². The highest BCUT2D eigenvalue weighted by Crippen LogP contribution is 1.79. The molecule has 0 spiro atoms. The first-order valence-electron chi connectivity index (χ1n) is 2.47. The third-order valence-corrected chi connectivity index (χ3v) is 0.655. The highest BCUT2D eigenvalue weighted by Gasteiger charge is 1.93. The highest BCUT2D eigenvalue weighted by molar-refractivity contribution is 5.84. The van der Waals surface area contributed by atoms with Crippen molar-refractivity contribution in [3.63, 3.8) is 0 Å². The van der Waals surface area contributed by atoms with Crippen molar-refractivity contribution in [3.8, 4) is 0 Å². The number of carbonyl (C=O) groups is 1. The Kier molecular flexibility index (Phi) is 3.43. The lowest BCUT2D eigenvalue weighted by molar-refractivity contribution is -0.139. The summed E-state index contributed by atoms with van der Waals surface area (Å²) >= 11 is 0. The molecule has 0 amide bonds. The summed E-state index contributed by atoms with van der Waals surface area (Å²) in [6, 6.07) is 0. The second-order valence-electron chi connectivity index (χ2n) is 1.62. The Morgan fingerprint density at radius 3 is 2.56 bits per heavy atom. The third-order valence-electron chi connectivity index (χ3n) is 0.655. The van der Waals surface area contributed by atoms with E-state index in [2.05, 4.69) is 9.89 Å². The Labute approximate surface area is 53.1 Å². The first kappa shape index (κ1) is 7.94. The molecule has 4 nitrogen and oxygen atoms in total. The molecule has 0 aliphatic heterocycles. The third kappa shape index (κ3) is 4.80. The normalized spacial score (nSPS) is 11.1. The second-order valence-corrected chi connectivity index (χ2v) is 1.62. The number of rotatable bonds is 2. The molecule has 0 unspecified atom stereocenters. The largest absolute Gasteiger partial charge is 0.460 e. The van der Waals surface area contributed by atoms with Crippen LogP contribution in [0.15, 0.2) is 5.16 Å². The fraction of sp³-hybridized carbons (Fsp3) is 0.600. The van der Waals surface area contributed by atoms with Crippen LogP contribution in [0, 0.1) is 0 Å². The maximum atomic E-state index is 10.1. The van der Waals surface area contributed by atoms with Crippen LogP contribution in [-0.4, -0.2) is 23.5 Å². The summed E-state index contributed by atoms with van der Waals surface area (Å²) < 4.78 is 4.46. The first-order chi connectivity index (χ1) is 4.16. The average molecular weight is 131 g/mol. The summed E-state index contributed by atoms with van der Waals surface area (Å²) in [5.74, 6) is -0.377. The lowest BCUT2D eigenvalue weighted by Crippen LogP contribution is -2.07. The fourth-order valence-electron chi connectivity index (χ4n) is 0.235. The van der Waals surface area contributed by atoms with Gasteiger partial charge in [0.25, 0.3) is 0 Å². The first-order valence-corrected chi connectivity index (χ1v) is 2.47. The van der Waals surface area contributed by atoms with Crippen LogP contribution >= 0.6 is 0 Å². The molecule has 4 heteroatoms. The Morgan fingerprint density at radius 2 is 2.22 bits per heavy atom. The van der Waals surface area contributed by atoms with Gasteiger partial charge in [-0.2, -0.15) is 0 Å². The van der Waals surface area contributed by atoms with Gasteiger partial charge in [-0.3, -0.25) is 4.79 Å². The van der Waals surface area contributed by atoms with Crippen molar-refractivity contribution in [1.29, 1.82) is 0 Å². The molecule has 0 saturated heterocycles. The van der Waals surface area contributed by atoms with Gasteiger partial charge in [0.05, 0.1) is 5.71 Å². The standard InChI is InChI=1S/C5H9NO3/c1-4(6-8)3-9-5(2)7/h8H,3H2,1-2H3/b6-4+. The lowest BCUT2D eigenvalue weighted by Gasteiger charge is -1.96. The Morgan fingerprint density at radius 1 is 1.67 bits per heavy atom. The van der Waals surface area contributed by atoms with E-state index in [0.717, 1.165) is 0 Å². The summed E-state index contributed by atoms with van der Waals surface area (Å²) in [7, 11) is 0.